The lowest BCUT2D eigenvalue weighted by atomic mass is 10.1. The molecular formula is C21H23Cl2FN2O2S. The smallest absolute Gasteiger partial charge is 0.242 e. The number of rotatable bonds is 9. The van der Waals surface area contributed by atoms with Gasteiger partial charge in [-0.1, -0.05) is 41.4 Å². The maximum atomic E-state index is 13.0. The second-order valence-corrected chi connectivity index (χ2v) is 8.21. The molecule has 29 heavy (non-hydrogen) atoms. The molecule has 0 fully saturated rings. The molecule has 1 atom stereocenters. The Morgan fingerprint density at radius 2 is 1.76 bits per heavy atom. The Labute approximate surface area is 184 Å². The number of benzene rings is 2. The van der Waals surface area contributed by atoms with Crippen LogP contribution in [0.1, 0.15) is 25.0 Å². The number of hydrogen-bond acceptors (Lipinski definition) is 3. The first-order valence-corrected chi connectivity index (χ1v) is 11.1. The van der Waals surface area contributed by atoms with E-state index in [9.17, 15) is 14.0 Å². The fourth-order valence-electron chi connectivity index (χ4n) is 2.68. The summed E-state index contributed by atoms with van der Waals surface area (Å²) in [6, 6.07) is 10.6. The molecule has 0 spiro atoms. The second kappa shape index (κ2) is 11.4. The molecule has 156 valence electrons. The van der Waals surface area contributed by atoms with Crippen LogP contribution < -0.4 is 5.32 Å². The molecule has 0 aromatic heterocycles. The van der Waals surface area contributed by atoms with Gasteiger partial charge < -0.3 is 10.2 Å². The zero-order valence-electron chi connectivity index (χ0n) is 16.3. The number of nitrogens with one attached hydrogen (secondary N) is 1. The standard InChI is InChI=1S/C21H23Cl2FN2O2S/c1-3-25-21(28)14(2)26(11-17-18(22)5-4-6-19(17)23)20(27)13-29-12-15-7-9-16(24)10-8-15/h4-10,14H,3,11-13H2,1-2H3,(H,25,28)/t14-/m0/s1. The number of amides is 2. The predicted octanol–water partition coefficient (Wildman–Crippen LogP) is 4.92. The zero-order valence-corrected chi connectivity index (χ0v) is 18.6. The van der Waals surface area contributed by atoms with E-state index in [0.717, 1.165) is 5.56 Å². The van der Waals surface area contributed by atoms with Crippen molar-refractivity contribution in [3.8, 4) is 0 Å². The quantitative estimate of drug-likeness (QED) is 0.582. The highest BCUT2D eigenvalue weighted by atomic mass is 35.5. The lowest BCUT2D eigenvalue weighted by molar-refractivity contribution is -0.138. The van der Waals surface area contributed by atoms with Gasteiger partial charge in [0.25, 0.3) is 0 Å². The van der Waals surface area contributed by atoms with Crippen LogP contribution in [0.4, 0.5) is 4.39 Å². The summed E-state index contributed by atoms with van der Waals surface area (Å²) in [4.78, 5) is 26.8. The number of nitrogens with zero attached hydrogens (tertiary/aromatic N) is 1. The Kier molecular flexibility index (Phi) is 9.27. The Balaban J connectivity index is 2.11. The molecule has 0 aliphatic rings. The van der Waals surface area contributed by atoms with Crippen molar-refractivity contribution in [2.45, 2.75) is 32.2 Å². The molecule has 0 heterocycles. The van der Waals surface area contributed by atoms with E-state index in [1.54, 1.807) is 37.3 Å². The van der Waals surface area contributed by atoms with E-state index < -0.39 is 6.04 Å². The average molecular weight is 457 g/mol. The third-order valence-electron chi connectivity index (χ3n) is 4.32. The van der Waals surface area contributed by atoms with Gasteiger partial charge in [0, 0.05) is 34.5 Å². The number of halogens is 3. The Morgan fingerprint density at radius 1 is 1.14 bits per heavy atom. The van der Waals surface area contributed by atoms with Crippen LogP contribution in [-0.4, -0.2) is 35.1 Å². The number of carbonyl (C=O) groups is 2. The van der Waals surface area contributed by atoms with Gasteiger partial charge in [0.05, 0.1) is 5.75 Å². The summed E-state index contributed by atoms with van der Waals surface area (Å²) in [7, 11) is 0. The lowest BCUT2D eigenvalue weighted by Gasteiger charge is -2.29. The minimum absolute atomic E-state index is 0.132. The molecule has 1 N–H and O–H groups in total. The van der Waals surface area contributed by atoms with Gasteiger partial charge in [0.15, 0.2) is 0 Å². The molecule has 0 saturated carbocycles. The molecule has 8 heteroatoms. The third kappa shape index (κ3) is 6.91. The van der Waals surface area contributed by atoms with Crippen LogP contribution in [0.5, 0.6) is 0 Å². The summed E-state index contributed by atoms with van der Waals surface area (Å²) in [5.74, 6) is -0.0152. The average Bonchev–Trinajstić information content (AvgIpc) is 2.69. The van der Waals surface area contributed by atoms with Crippen LogP contribution in [0.2, 0.25) is 10.0 Å². The maximum absolute atomic E-state index is 13.0. The van der Waals surface area contributed by atoms with Crippen LogP contribution in [0.3, 0.4) is 0 Å². The van der Waals surface area contributed by atoms with E-state index >= 15 is 0 Å². The van der Waals surface area contributed by atoms with Crippen LogP contribution in [0.25, 0.3) is 0 Å². The highest BCUT2D eigenvalue weighted by molar-refractivity contribution is 7.99. The van der Waals surface area contributed by atoms with E-state index in [2.05, 4.69) is 5.32 Å². The first-order chi connectivity index (χ1) is 13.8. The third-order valence-corrected chi connectivity index (χ3v) is 6.01. The molecule has 0 radical (unpaired) electrons. The number of thioether (sulfide) groups is 1. The largest absolute Gasteiger partial charge is 0.355 e. The summed E-state index contributed by atoms with van der Waals surface area (Å²) >= 11 is 13.9. The molecule has 2 aromatic carbocycles. The van der Waals surface area contributed by atoms with Crippen molar-refractivity contribution in [3.63, 3.8) is 0 Å². The molecule has 2 aromatic rings. The minimum atomic E-state index is -0.679. The highest BCUT2D eigenvalue weighted by Gasteiger charge is 2.27. The molecule has 2 amide bonds. The lowest BCUT2D eigenvalue weighted by Crippen LogP contribution is -2.48. The van der Waals surface area contributed by atoms with E-state index in [1.807, 2.05) is 6.92 Å². The zero-order chi connectivity index (χ0) is 21.4. The highest BCUT2D eigenvalue weighted by Crippen LogP contribution is 2.27. The normalized spacial score (nSPS) is 11.8. The maximum Gasteiger partial charge on any atom is 0.242 e. The van der Waals surface area contributed by atoms with Gasteiger partial charge in [-0.25, -0.2) is 4.39 Å². The van der Waals surface area contributed by atoms with Crippen molar-refractivity contribution >= 4 is 46.8 Å². The molecule has 0 bridgehead atoms. The predicted molar refractivity (Wildman–Crippen MR) is 118 cm³/mol. The fourth-order valence-corrected chi connectivity index (χ4v) is 4.07. The summed E-state index contributed by atoms with van der Waals surface area (Å²) in [5.41, 5.74) is 1.52. The van der Waals surface area contributed by atoms with E-state index in [-0.39, 0.29) is 29.9 Å². The first-order valence-electron chi connectivity index (χ1n) is 9.15. The van der Waals surface area contributed by atoms with Crippen LogP contribution >= 0.6 is 35.0 Å². The summed E-state index contributed by atoms with van der Waals surface area (Å²) in [5, 5.41) is 3.63. The van der Waals surface area contributed by atoms with Gasteiger partial charge in [0.1, 0.15) is 11.9 Å². The molecular weight excluding hydrogens is 434 g/mol. The van der Waals surface area contributed by atoms with Crippen molar-refractivity contribution in [3.05, 3.63) is 69.5 Å². The molecule has 0 aliphatic carbocycles. The fraction of sp³-hybridized carbons (Fsp3) is 0.333. The van der Waals surface area contributed by atoms with Gasteiger partial charge in [0.2, 0.25) is 11.8 Å². The summed E-state index contributed by atoms with van der Waals surface area (Å²) in [6.07, 6.45) is 0. The van der Waals surface area contributed by atoms with E-state index in [1.165, 1.54) is 28.8 Å². The van der Waals surface area contributed by atoms with E-state index in [0.29, 0.717) is 27.9 Å². The molecule has 0 unspecified atom stereocenters. The van der Waals surface area contributed by atoms with Crippen molar-refractivity contribution in [2.75, 3.05) is 12.3 Å². The molecule has 0 aliphatic heterocycles. The van der Waals surface area contributed by atoms with Crippen LogP contribution in [0, 0.1) is 5.82 Å². The molecule has 4 nitrogen and oxygen atoms in total. The second-order valence-electron chi connectivity index (χ2n) is 6.41. The van der Waals surface area contributed by atoms with Gasteiger partial charge in [-0.2, -0.15) is 0 Å². The summed E-state index contributed by atoms with van der Waals surface area (Å²) < 4.78 is 13.0. The van der Waals surface area contributed by atoms with Crippen LogP contribution in [0.15, 0.2) is 42.5 Å². The molecule has 0 saturated heterocycles. The Hall–Kier alpha value is -1.76. The van der Waals surface area contributed by atoms with Crippen molar-refractivity contribution in [2.24, 2.45) is 0 Å². The van der Waals surface area contributed by atoms with Gasteiger partial charge in [-0.3, -0.25) is 9.59 Å². The van der Waals surface area contributed by atoms with Crippen LogP contribution in [-0.2, 0) is 21.9 Å². The van der Waals surface area contributed by atoms with Gasteiger partial charge in [-0.05, 0) is 43.7 Å². The Morgan fingerprint density at radius 3 is 2.34 bits per heavy atom. The Bertz CT molecular complexity index is 829. The number of carbonyl (C=O) groups excluding carboxylic acids is 2. The van der Waals surface area contributed by atoms with Crippen molar-refractivity contribution < 1.29 is 14.0 Å². The van der Waals surface area contributed by atoms with Gasteiger partial charge >= 0.3 is 0 Å². The number of hydrogen-bond donors (Lipinski definition) is 1. The summed E-state index contributed by atoms with van der Waals surface area (Å²) in [6.45, 7) is 4.10. The van der Waals surface area contributed by atoms with Crippen molar-refractivity contribution in [1.82, 2.24) is 10.2 Å². The van der Waals surface area contributed by atoms with Crippen molar-refractivity contribution in [1.29, 1.82) is 0 Å². The number of likely N-dealkylation sites (N-methyl/N-ethyl adjacent to an activating group) is 1. The SMILES string of the molecule is CCNC(=O)[C@H](C)N(Cc1c(Cl)cccc1Cl)C(=O)CSCc1ccc(F)cc1. The van der Waals surface area contributed by atoms with E-state index in [4.69, 9.17) is 23.2 Å². The topological polar surface area (TPSA) is 49.4 Å². The first kappa shape index (κ1) is 23.5. The minimum Gasteiger partial charge on any atom is -0.355 e. The van der Waals surface area contributed by atoms with Gasteiger partial charge in [-0.15, -0.1) is 11.8 Å². The monoisotopic (exact) mass is 456 g/mol. The molecule has 2 rings (SSSR count).